The molecule has 3 heterocycles. The highest BCUT2D eigenvalue weighted by Gasteiger charge is 2.27. The molecule has 3 amide bonds. The number of carbonyl (C=O) groups excluding carboxylic acids is 3. The zero-order chi connectivity index (χ0) is 20.9. The number of benzene rings is 1. The number of carbonyl (C=O) groups is 3. The van der Waals surface area contributed by atoms with Crippen LogP contribution < -0.4 is 16.0 Å². The first kappa shape index (κ1) is 21.0. The molecule has 3 N–H and O–H groups in total. The lowest BCUT2D eigenvalue weighted by Gasteiger charge is -2.32. The van der Waals surface area contributed by atoms with E-state index in [1.54, 1.807) is 0 Å². The van der Waals surface area contributed by atoms with Gasteiger partial charge >= 0.3 is 0 Å². The van der Waals surface area contributed by atoms with Crippen LogP contribution in [0.4, 0.5) is 0 Å². The van der Waals surface area contributed by atoms with E-state index in [9.17, 15) is 14.4 Å². The maximum atomic E-state index is 12.2. The summed E-state index contributed by atoms with van der Waals surface area (Å²) in [6.07, 6.45) is 4.89. The molecule has 3 aliphatic rings. The third kappa shape index (κ3) is 5.46. The molecule has 4 rings (SSSR count). The zero-order valence-electron chi connectivity index (χ0n) is 17.5. The van der Waals surface area contributed by atoms with Gasteiger partial charge in [0.15, 0.2) is 0 Å². The van der Waals surface area contributed by atoms with E-state index in [0.717, 1.165) is 51.0 Å². The first-order valence-electron chi connectivity index (χ1n) is 11.2. The molecule has 7 nitrogen and oxygen atoms in total. The minimum Gasteiger partial charge on any atom is -0.351 e. The summed E-state index contributed by atoms with van der Waals surface area (Å²) in [5.41, 5.74) is 2.48. The van der Waals surface area contributed by atoms with E-state index in [4.69, 9.17) is 0 Å². The van der Waals surface area contributed by atoms with Crippen LogP contribution in [-0.2, 0) is 20.8 Å². The first-order valence-corrected chi connectivity index (χ1v) is 11.2. The van der Waals surface area contributed by atoms with E-state index < -0.39 is 0 Å². The Balaban J connectivity index is 1.22. The van der Waals surface area contributed by atoms with Crippen molar-refractivity contribution in [1.29, 1.82) is 0 Å². The second-order valence-corrected chi connectivity index (χ2v) is 8.90. The molecule has 0 aromatic heterocycles. The van der Waals surface area contributed by atoms with Crippen molar-refractivity contribution in [1.82, 2.24) is 20.9 Å². The molecule has 0 bridgehead atoms. The van der Waals surface area contributed by atoms with E-state index >= 15 is 0 Å². The summed E-state index contributed by atoms with van der Waals surface area (Å²) >= 11 is 0. The Morgan fingerprint density at radius 1 is 1.07 bits per heavy atom. The van der Waals surface area contributed by atoms with E-state index in [-0.39, 0.29) is 29.7 Å². The molecule has 0 spiro atoms. The van der Waals surface area contributed by atoms with Gasteiger partial charge in [0.1, 0.15) is 0 Å². The third-order valence-corrected chi connectivity index (χ3v) is 6.67. The van der Waals surface area contributed by atoms with Crippen LogP contribution in [-0.4, -0.2) is 61.4 Å². The predicted molar refractivity (Wildman–Crippen MR) is 114 cm³/mol. The molecule has 0 radical (unpaired) electrons. The highest BCUT2D eigenvalue weighted by Crippen LogP contribution is 2.28. The normalized spacial score (nSPS) is 25.9. The van der Waals surface area contributed by atoms with Gasteiger partial charge in [-0.3, -0.25) is 24.6 Å². The topological polar surface area (TPSA) is 90.5 Å². The SMILES string of the molecule is O=C1CCC(Cc2ccc(C3CCN(CC(=O)N[C@H]4CCNC4)CC3)cc2)C(=O)N1. The molecule has 1 aromatic carbocycles. The lowest BCUT2D eigenvalue weighted by Crippen LogP contribution is -2.45. The number of likely N-dealkylation sites (tertiary alicyclic amines) is 1. The Labute approximate surface area is 178 Å². The van der Waals surface area contributed by atoms with Crippen molar-refractivity contribution in [2.75, 3.05) is 32.7 Å². The van der Waals surface area contributed by atoms with E-state index in [2.05, 4.69) is 45.1 Å². The van der Waals surface area contributed by atoms with Crippen molar-refractivity contribution < 1.29 is 14.4 Å². The molecule has 0 aliphatic carbocycles. The molecule has 1 aromatic rings. The van der Waals surface area contributed by atoms with Gasteiger partial charge in [-0.2, -0.15) is 0 Å². The number of nitrogens with zero attached hydrogens (tertiary/aromatic N) is 1. The minimum atomic E-state index is -0.161. The lowest BCUT2D eigenvalue weighted by atomic mass is 9.87. The number of hydrogen-bond donors (Lipinski definition) is 3. The van der Waals surface area contributed by atoms with E-state index in [0.29, 0.717) is 31.7 Å². The fourth-order valence-corrected chi connectivity index (χ4v) is 4.82. The Hall–Kier alpha value is -2.25. The summed E-state index contributed by atoms with van der Waals surface area (Å²) in [5.74, 6) is 0.248. The van der Waals surface area contributed by atoms with Crippen molar-refractivity contribution in [3.8, 4) is 0 Å². The van der Waals surface area contributed by atoms with E-state index in [1.807, 2.05) is 0 Å². The zero-order valence-corrected chi connectivity index (χ0v) is 17.5. The number of amides is 3. The Kier molecular flexibility index (Phi) is 6.79. The fraction of sp³-hybridized carbons (Fsp3) is 0.609. The second-order valence-electron chi connectivity index (χ2n) is 8.90. The largest absolute Gasteiger partial charge is 0.351 e. The highest BCUT2D eigenvalue weighted by atomic mass is 16.2. The summed E-state index contributed by atoms with van der Waals surface area (Å²) < 4.78 is 0. The molecule has 162 valence electrons. The number of piperidine rings is 2. The van der Waals surface area contributed by atoms with E-state index in [1.165, 1.54) is 5.56 Å². The standard InChI is InChI=1S/C23H32N4O3/c28-21-6-5-19(23(30)26-21)13-16-1-3-17(4-2-16)18-8-11-27(12-9-18)15-22(29)25-20-7-10-24-14-20/h1-4,18-20,24H,5-15H2,(H,25,29)(H,26,28,30)/t19?,20-/m0/s1. The quantitative estimate of drug-likeness (QED) is 0.605. The summed E-state index contributed by atoms with van der Waals surface area (Å²) in [5, 5.41) is 8.83. The van der Waals surface area contributed by atoms with Crippen LogP contribution >= 0.6 is 0 Å². The maximum Gasteiger partial charge on any atom is 0.234 e. The molecule has 7 heteroatoms. The molecule has 3 aliphatic heterocycles. The molecular weight excluding hydrogens is 380 g/mol. The molecule has 0 saturated carbocycles. The average Bonchev–Trinajstić information content (AvgIpc) is 3.24. The average molecular weight is 413 g/mol. The summed E-state index contributed by atoms with van der Waals surface area (Å²) in [6.45, 7) is 4.25. The van der Waals surface area contributed by atoms with Crippen LogP contribution in [0.3, 0.4) is 0 Å². The van der Waals surface area contributed by atoms with Crippen molar-refractivity contribution >= 4 is 17.7 Å². The third-order valence-electron chi connectivity index (χ3n) is 6.67. The number of imide groups is 1. The van der Waals surface area contributed by atoms with Crippen molar-refractivity contribution in [2.45, 2.75) is 50.5 Å². The molecule has 3 saturated heterocycles. The van der Waals surface area contributed by atoms with Gasteiger partial charge < -0.3 is 10.6 Å². The molecule has 3 fully saturated rings. The van der Waals surface area contributed by atoms with Gasteiger partial charge in [0.05, 0.1) is 6.54 Å². The van der Waals surface area contributed by atoms with Gasteiger partial charge in [-0.15, -0.1) is 0 Å². The summed E-state index contributed by atoms with van der Waals surface area (Å²) in [6, 6.07) is 8.89. The van der Waals surface area contributed by atoms with Crippen molar-refractivity contribution in [3.63, 3.8) is 0 Å². The minimum absolute atomic E-state index is 0.108. The number of hydrogen-bond acceptors (Lipinski definition) is 5. The van der Waals surface area contributed by atoms with Gasteiger partial charge in [-0.25, -0.2) is 0 Å². The van der Waals surface area contributed by atoms with Crippen LogP contribution in [0, 0.1) is 5.92 Å². The molecular formula is C23H32N4O3. The Morgan fingerprint density at radius 2 is 1.83 bits per heavy atom. The van der Waals surface area contributed by atoms with Crippen LogP contribution in [0.5, 0.6) is 0 Å². The second kappa shape index (κ2) is 9.71. The van der Waals surface area contributed by atoms with Crippen molar-refractivity contribution in [3.05, 3.63) is 35.4 Å². The Morgan fingerprint density at radius 3 is 2.50 bits per heavy atom. The molecule has 1 unspecified atom stereocenters. The summed E-state index contributed by atoms with van der Waals surface area (Å²) in [7, 11) is 0. The lowest BCUT2D eigenvalue weighted by molar-refractivity contribution is -0.136. The van der Waals surface area contributed by atoms with Crippen LogP contribution in [0.1, 0.15) is 49.1 Å². The van der Waals surface area contributed by atoms with Gasteiger partial charge in [0.25, 0.3) is 0 Å². The first-order chi connectivity index (χ1) is 14.6. The van der Waals surface area contributed by atoms with Crippen LogP contribution in [0.15, 0.2) is 24.3 Å². The van der Waals surface area contributed by atoms with Gasteiger partial charge in [0, 0.05) is 24.9 Å². The smallest absolute Gasteiger partial charge is 0.234 e. The van der Waals surface area contributed by atoms with Crippen LogP contribution in [0.25, 0.3) is 0 Å². The maximum absolute atomic E-state index is 12.2. The highest BCUT2D eigenvalue weighted by molar-refractivity contribution is 5.98. The Bertz CT molecular complexity index is 765. The monoisotopic (exact) mass is 412 g/mol. The van der Waals surface area contributed by atoms with Crippen LogP contribution in [0.2, 0.25) is 0 Å². The summed E-state index contributed by atoms with van der Waals surface area (Å²) in [4.78, 5) is 37.7. The fourth-order valence-electron chi connectivity index (χ4n) is 4.82. The van der Waals surface area contributed by atoms with Gasteiger partial charge in [0.2, 0.25) is 17.7 Å². The number of nitrogens with one attached hydrogen (secondary N) is 3. The van der Waals surface area contributed by atoms with Gasteiger partial charge in [-0.1, -0.05) is 24.3 Å². The number of rotatable bonds is 6. The van der Waals surface area contributed by atoms with Crippen molar-refractivity contribution in [2.24, 2.45) is 5.92 Å². The molecule has 30 heavy (non-hydrogen) atoms. The predicted octanol–water partition coefficient (Wildman–Crippen LogP) is 0.939. The molecule has 2 atom stereocenters. The van der Waals surface area contributed by atoms with Gasteiger partial charge in [-0.05, 0) is 68.8 Å².